The molecule has 0 aliphatic heterocycles. The minimum Gasteiger partial charge on any atom is -0.350 e. The summed E-state index contributed by atoms with van der Waals surface area (Å²) in [4.78, 5) is 25.2. The van der Waals surface area contributed by atoms with E-state index in [0.29, 0.717) is 10.5 Å². The summed E-state index contributed by atoms with van der Waals surface area (Å²) in [5.41, 5.74) is -0.0721. The van der Waals surface area contributed by atoms with Crippen molar-refractivity contribution in [2.24, 2.45) is 0 Å². The number of pyridine rings is 2. The topological polar surface area (TPSA) is 78.1 Å². The third kappa shape index (κ3) is 8.09. The Hall–Kier alpha value is -4.01. The number of sulfone groups is 1. The van der Waals surface area contributed by atoms with Crippen molar-refractivity contribution in [3.05, 3.63) is 105 Å². The molecule has 0 saturated heterocycles. The molecular formula is C32H31F3N2O4S2. The summed E-state index contributed by atoms with van der Waals surface area (Å²) < 4.78 is 66.5. The Labute approximate surface area is 253 Å². The number of hydrogen-bond acceptors (Lipinski definition) is 5. The molecular weight excluding hydrogens is 597 g/mol. The maximum absolute atomic E-state index is 12.9. The highest BCUT2D eigenvalue weighted by Crippen LogP contribution is 2.32. The monoisotopic (exact) mass is 628 g/mol. The lowest BCUT2D eigenvalue weighted by molar-refractivity contribution is -0.137. The number of rotatable bonds is 6. The van der Waals surface area contributed by atoms with Crippen LogP contribution in [0.4, 0.5) is 13.2 Å². The summed E-state index contributed by atoms with van der Waals surface area (Å²) in [5.74, 6) is 2.56. The number of aromatic nitrogens is 2. The lowest BCUT2D eigenvalue weighted by atomic mass is 10.0. The second-order valence-electron chi connectivity index (χ2n) is 9.59. The van der Waals surface area contributed by atoms with Gasteiger partial charge in [0, 0.05) is 48.0 Å². The van der Waals surface area contributed by atoms with Gasteiger partial charge < -0.3 is 4.57 Å². The Balaban J connectivity index is 0.000000248. The summed E-state index contributed by atoms with van der Waals surface area (Å²) >= 11 is 1.44. The van der Waals surface area contributed by atoms with Crippen LogP contribution in [-0.2, 0) is 16.0 Å². The first-order valence-corrected chi connectivity index (χ1v) is 16.1. The van der Waals surface area contributed by atoms with Gasteiger partial charge in [-0.15, -0.1) is 11.8 Å². The summed E-state index contributed by atoms with van der Waals surface area (Å²) in [6.07, 6.45) is 3.53. The van der Waals surface area contributed by atoms with Gasteiger partial charge in [-0.25, -0.2) is 8.42 Å². The van der Waals surface area contributed by atoms with Crippen LogP contribution in [0.5, 0.6) is 0 Å². The molecule has 0 N–H and O–H groups in total. The second kappa shape index (κ2) is 14.0. The number of hydrogen-bond donors (Lipinski definition) is 0. The van der Waals surface area contributed by atoms with Crippen LogP contribution in [0.1, 0.15) is 39.3 Å². The highest BCUT2D eigenvalue weighted by Gasteiger charge is 2.31. The van der Waals surface area contributed by atoms with E-state index in [4.69, 9.17) is 0 Å². The highest BCUT2D eigenvalue weighted by atomic mass is 32.2. The molecule has 2 aromatic carbocycles. The lowest BCUT2D eigenvalue weighted by Gasteiger charge is -2.16. The van der Waals surface area contributed by atoms with Gasteiger partial charge in [-0.1, -0.05) is 55.3 Å². The van der Waals surface area contributed by atoms with Gasteiger partial charge in [-0.3, -0.25) is 14.2 Å². The molecule has 0 unspecified atom stereocenters. The molecule has 0 fully saturated rings. The largest absolute Gasteiger partial charge is 0.416 e. The molecule has 6 nitrogen and oxygen atoms in total. The van der Waals surface area contributed by atoms with Crippen LogP contribution in [0.2, 0.25) is 0 Å². The number of alkyl halides is 3. The SMILES string of the molecule is CC#Cn1cc(SC)c(=O)c(-c2ccccc2)c1.CCS(=O)(=O)c1cn(C(C)C)cc(-c2cccc(C(F)(F)F)c2)c1=O. The molecule has 4 rings (SSSR count). The molecule has 0 amide bonds. The highest BCUT2D eigenvalue weighted by molar-refractivity contribution is 7.98. The Bertz CT molecular complexity index is 1880. The zero-order chi connectivity index (χ0) is 31.9. The van der Waals surface area contributed by atoms with Crippen LogP contribution in [0, 0.1) is 12.0 Å². The molecule has 11 heteroatoms. The van der Waals surface area contributed by atoms with E-state index < -0.39 is 31.9 Å². The molecule has 2 heterocycles. The van der Waals surface area contributed by atoms with Crippen molar-refractivity contribution in [2.45, 2.75) is 49.7 Å². The summed E-state index contributed by atoms with van der Waals surface area (Å²) in [6, 6.07) is 16.7. The van der Waals surface area contributed by atoms with Crippen molar-refractivity contribution >= 4 is 21.6 Å². The number of nitrogens with zero attached hydrogens (tertiary/aromatic N) is 2. The van der Waals surface area contributed by atoms with Gasteiger partial charge in [0.05, 0.1) is 16.2 Å². The molecule has 0 bridgehead atoms. The fourth-order valence-corrected chi connectivity index (χ4v) is 5.53. The van der Waals surface area contributed by atoms with E-state index in [1.165, 1.54) is 47.8 Å². The summed E-state index contributed by atoms with van der Waals surface area (Å²) in [6.45, 7) is 6.75. The predicted octanol–water partition coefficient (Wildman–Crippen LogP) is 6.97. The van der Waals surface area contributed by atoms with Crippen molar-refractivity contribution in [1.82, 2.24) is 9.13 Å². The first kappa shape index (κ1) is 33.5. The fourth-order valence-electron chi connectivity index (χ4n) is 4.03. The van der Waals surface area contributed by atoms with Gasteiger partial charge in [-0.05, 0) is 50.3 Å². The van der Waals surface area contributed by atoms with Gasteiger partial charge in [0.25, 0.3) is 0 Å². The third-order valence-electron chi connectivity index (χ3n) is 6.36. The normalized spacial score (nSPS) is 11.4. The zero-order valence-electron chi connectivity index (χ0n) is 24.3. The molecule has 43 heavy (non-hydrogen) atoms. The average molecular weight is 629 g/mol. The number of halogens is 3. The van der Waals surface area contributed by atoms with E-state index in [9.17, 15) is 31.2 Å². The van der Waals surface area contributed by atoms with E-state index in [-0.39, 0.29) is 28.4 Å². The Morgan fingerprint density at radius 3 is 2.07 bits per heavy atom. The van der Waals surface area contributed by atoms with Crippen molar-refractivity contribution in [3.63, 3.8) is 0 Å². The first-order chi connectivity index (χ1) is 20.2. The maximum atomic E-state index is 12.9. The molecule has 0 aliphatic rings. The van der Waals surface area contributed by atoms with Gasteiger partial charge in [-0.2, -0.15) is 13.2 Å². The van der Waals surface area contributed by atoms with Crippen LogP contribution in [-0.4, -0.2) is 29.6 Å². The zero-order valence-corrected chi connectivity index (χ0v) is 25.9. The van der Waals surface area contributed by atoms with Crippen LogP contribution < -0.4 is 10.9 Å². The van der Waals surface area contributed by atoms with Crippen LogP contribution in [0.15, 0.2) is 98.8 Å². The number of benzene rings is 2. The van der Waals surface area contributed by atoms with E-state index in [0.717, 1.165) is 17.7 Å². The van der Waals surface area contributed by atoms with E-state index in [1.54, 1.807) is 37.7 Å². The predicted molar refractivity (Wildman–Crippen MR) is 166 cm³/mol. The first-order valence-electron chi connectivity index (χ1n) is 13.2. The minimum absolute atomic E-state index is 0.0300. The van der Waals surface area contributed by atoms with Gasteiger partial charge in [0.15, 0.2) is 9.84 Å². The Kier molecular flexibility index (Phi) is 10.9. The quantitative estimate of drug-likeness (QED) is 0.170. The smallest absolute Gasteiger partial charge is 0.350 e. The van der Waals surface area contributed by atoms with Crippen LogP contribution in [0.25, 0.3) is 22.3 Å². The molecule has 0 aliphatic carbocycles. The molecule has 0 saturated carbocycles. The van der Waals surface area contributed by atoms with E-state index in [1.807, 2.05) is 36.6 Å². The molecule has 2 aromatic heterocycles. The molecule has 0 radical (unpaired) electrons. The lowest BCUT2D eigenvalue weighted by Crippen LogP contribution is -2.21. The third-order valence-corrected chi connectivity index (χ3v) is 8.82. The van der Waals surface area contributed by atoms with Gasteiger partial charge >= 0.3 is 6.18 Å². The van der Waals surface area contributed by atoms with Crippen LogP contribution >= 0.6 is 11.8 Å². The van der Waals surface area contributed by atoms with Crippen molar-refractivity contribution < 1.29 is 21.6 Å². The van der Waals surface area contributed by atoms with Crippen molar-refractivity contribution in [2.75, 3.05) is 12.0 Å². The Morgan fingerprint density at radius 2 is 1.51 bits per heavy atom. The van der Waals surface area contributed by atoms with Gasteiger partial charge in [0.1, 0.15) is 4.90 Å². The minimum atomic E-state index is -4.56. The average Bonchev–Trinajstić information content (AvgIpc) is 2.98. The van der Waals surface area contributed by atoms with Gasteiger partial charge in [0.2, 0.25) is 10.9 Å². The van der Waals surface area contributed by atoms with Crippen molar-refractivity contribution in [3.8, 4) is 34.2 Å². The number of thioether (sulfide) groups is 1. The standard InChI is InChI=1S/C17H18F3NO3S.C15H13NOS/c1-4-25(23,24)15-10-21(11(2)3)9-14(16(15)22)12-6-5-7-13(8-12)17(18,19)20;1-3-9-16-10-13(12-7-5-4-6-8-12)15(17)14(11-16)18-2/h5-11H,4H2,1-3H3;4-8,10-11H,1-2H3. The van der Waals surface area contributed by atoms with Crippen molar-refractivity contribution in [1.29, 1.82) is 0 Å². The maximum Gasteiger partial charge on any atom is 0.416 e. The molecule has 226 valence electrons. The van der Waals surface area contributed by atoms with E-state index >= 15 is 0 Å². The molecule has 4 aromatic rings. The molecule has 0 atom stereocenters. The summed E-state index contributed by atoms with van der Waals surface area (Å²) in [7, 11) is -3.81. The molecule has 0 spiro atoms. The summed E-state index contributed by atoms with van der Waals surface area (Å²) in [5, 5.41) is 0. The Morgan fingerprint density at radius 1 is 0.884 bits per heavy atom. The van der Waals surface area contributed by atoms with Crippen LogP contribution in [0.3, 0.4) is 0 Å². The fraction of sp³-hybridized carbons (Fsp3) is 0.250. The second-order valence-corrected chi connectivity index (χ2v) is 12.7. The van der Waals surface area contributed by atoms with E-state index in [2.05, 4.69) is 12.0 Å².